The molecule has 0 atom stereocenters. The summed E-state index contributed by atoms with van der Waals surface area (Å²) in [6.45, 7) is 14.3. The zero-order valence-electron chi connectivity index (χ0n) is 31.3. The highest BCUT2D eigenvalue weighted by atomic mass is 27.2. The summed E-state index contributed by atoms with van der Waals surface area (Å²) in [5, 5.41) is 6.71. The van der Waals surface area contributed by atoms with Crippen LogP contribution >= 0.6 is 0 Å². The SMILES string of the molecule is CCCCCC[NH+](CCCCCC)c1cc(F)c(F)c(C(F)(F)F)c1F.CCCC[CH2][Al-]([CH2]CCCC)([CH2]CCCC)[CH2]CCCC. The average molecular weight is 696 g/mol. The number of halogens is 6. The Hall–Kier alpha value is -0.708. The van der Waals surface area contributed by atoms with Gasteiger partial charge in [-0.05, 0) is 25.7 Å². The smallest absolute Gasteiger partial charge is 0.300 e. The van der Waals surface area contributed by atoms with Crippen LogP contribution in [0.4, 0.5) is 32.0 Å². The molecule has 0 unspecified atom stereocenters. The summed E-state index contributed by atoms with van der Waals surface area (Å²) in [5.74, 6) is -5.53. The molecule has 0 aliphatic rings. The fraction of sp³-hybridized carbons (Fsp3) is 0.846. The molecule has 0 aromatic heterocycles. The minimum Gasteiger partial charge on any atom is -0.300 e. The van der Waals surface area contributed by atoms with Crippen LogP contribution in [0.2, 0.25) is 21.1 Å². The van der Waals surface area contributed by atoms with Crippen molar-refractivity contribution in [3.63, 3.8) is 0 Å². The minimum atomic E-state index is -5.28. The molecular weight excluding hydrogens is 623 g/mol. The van der Waals surface area contributed by atoms with Crippen LogP contribution in [0, 0.1) is 17.5 Å². The Labute approximate surface area is 288 Å². The second-order valence-electron chi connectivity index (χ2n) is 14.3. The molecule has 0 fully saturated rings. The maximum atomic E-state index is 14.5. The predicted octanol–water partition coefficient (Wildman–Crippen LogP) is 14.0. The van der Waals surface area contributed by atoms with Crippen LogP contribution in [-0.2, 0) is 6.18 Å². The van der Waals surface area contributed by atoms with Crippen molar-refractivity contribution in [1.82, 2.24) is 0 Å². The third-order valence-corrected chi connectivity index (χ3v) is 16.7. The van der Waals surface area contributed by atoms with Crippen molar-refractivity contribution in [2.24, 2.45) is 0 Å². The third kappa shape index (κ3) is 19.9. The Morgan fingerprint density at radius 2 is 0.830 bits per heavy atom. The Balaban J connectivity index is 0.000000923. The summed E-state index contributed by atoms with van der Waals surface area (Å²) in [6.07, 6.45) is 19.5. The van der Waals surface area contributed by atoms with Crippen molar-refractivity contribution in [3.8, 4) is 0 Å². The summed E-state index contributed by atoms with van der Waals surface area (Å²) in [4.78, 5) is 0.444. The number of alkyl halides is 3. The monoisotopic (exact) mass is 696 g/mol. The lowest BCUT2D eigenvalue weighted by molar-refractivity contribution is -0.834. The largest absolute Gasteiger partial charge is 0.422 e. The van der Waals surface area contributed by atoms with E-state index < -0.39 is 48.0 Å². The number of nitrogens with one attached hydrogen (secondary N) is 1. The van der Waals surface area contributed by atoms with Crippen LogP contribution in [0.3, 0.4) is 0 Å². The van der Waals surface area contributed by atoms with Gasteiger partial charge in [-0.25, -0.2) is 8.78 Å². The normalized spacial score (nSPS) is 12.1. The van der Waals surface area contributed by atoms with Gasteiger partial charge in [0.1, 0.15) is 18.6 Å². The topological polar surface area (TPSA) is 4.44 Å². The Kier molecular flexibility index (Phi) is 27.6. The highest BCUT2D eigenvalue weighted by Gasteiger charge is 2.42. The van der Waals surface area contributed by atoms with Gasteiger partial charge in [0.15, 0.2) is 23.1 Å². The van der Waals surface area contributed by atoms with E-state index in [1.54, 1.807) is 46.8 Å². The van der Waals surface area contributed by atoms with Crippen molar-refractivity contribution < 1.29 is 31.2 Å². The van der Waals surface area contributed by atoms with Crippen LogP contribution in [0.5, 0.6) is 0 Å². The molecule has 0 radical (unpaired) electrons. The molecule has 1 aromatic rings. The van der Waals surface area contributed by atoms with Crippen LogP contribution in [-0.4, -0.2) is 26.2 Å². The molecule has 0 aliphatic carbocycles. The first-order valence-electron chi connectivity index (χ1n) is 19.8. The molecule has 1 rings (SSSR count). The van der Waals surface area contributed by atoms with Gasteiger partial charge in [-0.1, -0.05) is 144 Å². The Morgan fingerprint density at radius 1 is 0.489 bits per heavy atom. The summed E-state index contributed by atoms with van der Waals surface area (Å²) in [6, 6.07) is 0.578. The summed E-state index contributed by atoms with van der Waals surface area (Å²) < 4.78 is 80.7. The van der Waals surface area contributed by atoms with E-state index in [1.807, 2.05) is 13.8 Å². The average Bonchev–Trinajstić information content (AvgIpc) is 3.02. The molecule has 278 valence electrons. The minimum absolute atomic E-state index is 0.394. The van der Waals surface area contributed by atoms with Gasteiger partial charge in [-0.3, -0.25) is 4.90 Å². The zero-order chi connectivity index (χ0) is 35.6. The molecule has 0 spiro atoms. The van der Waals surface area contributed by atoms with E-state index in [0.29, 0.717) is 36.9 Å². The molecule has 0 amide bonds. The summed E-state index contributed by atoms with van der Waals surface area (Å²) >= 11 is -1.27. The first-order chi connectivity index (χ1) is 22.5. The van der Waals surface area contributed by atoms with Crippen molar-refractivity contribution in [3.05, 3.63) is 29.1 Å². The van der Waals surface area contributed by atoms with Crippen LogP contribution in [0.1, 0.15) is 176 Å². The first-order valence-corrected chi connectivity index (χ1v) is 23.1. The fourth-order valence-corrected chi connectivity index (χ4v) is 13.6. The molecule has 8 heteroatoms. The maximum absolute atomic E-state index is 14.5. The quantitative estimate of drug-likeness (QED) is 0.0404. The van der Waals surface area contributed by atoms with E-state index in [9.17, 15) is 26.3 Å². The highest BCUT2D eigenvalue weighted by Crippen LogP contribution is 2.37. The van der Waals surface area contributed by atoms with E-state index >= 15 is 0 Å². The number of quaternary nitrogens is 1. The molecular formula is C39H72AlF6N. The van der Waals surface area contributed by atoms with E-state index in [2.05, 4.69) is 27.7 Å². The molecule has 0 saturated carbocycles. The van der Waals surface area contributed by atoms with Gasteiger partial charge < -0.3 is 0 Å². The number of benzene rings is 1. The zero-order valence-corrected chi connectivity index (χ0v) is 32.5. The van der Waals surface area contributed by atoms with Gasteiger partial charge in [0.05, 0.1) is 13.1 Å². The second kappa shape index (κ2) is 28.0. The van der Waals surface area contributed by atoms with Gasteiger partial charge in [0.2, 0.25) is 0 Å². The van der Waals surface area contributed by atoms with Gasteiger partial charge in [-0.15, -0.1) is 0 Å². The van der Waals surface area contributed by atoms with Crippen LogP contribution in [0.15, 0.2) is 6.07 Å². The highest BCUT2D eigenvalue weighted by molar-refractivity contribution is 6.79. The molecule has 0 saturated heterocycles. The number of rotatable bonds is 27. The molecule has 0 aliphatic heterocycles. The molecule has 47 heavy (non-hydrogen) atoms. The lowest BCUT2D eigenvalue weighted by Crippen LogP contribution is -3.07. The van der Waals surface area contributed by atoms with Gasteiger partial charge in [0.25, 0.3) is 0 Å². The van der Waals surface area contributed by atoms with Crippen molar-refractivity contribution in [1.29, 1.82) is 0 Å². The lowest BCUT2D eigenvalue weighted by Gasteiger charge is -2.37. The summed E-state index contributed by atoms with van der Waals surface area (Å²) in [7, 11) is 0. The lowest BCUT2D eigenvalue weighted by atomic mass is 10.1. The van der Waals surface area contributed by atoms with Gasteiger partial charge >= 0.3 is 6.18 Å². The maximum Gasteiger partial charge on any atom is 0.422 e. The van der Waals surface area contributed by atoms with E-state index in [4.69, 9.17) is 0 Å². The molecule has 1 N–H and O–H groups in total. The Morgan fingerprint density at radius 3 is 1.15 bits per heavy atom. The molecule has 0 bridgehead atoms. The Bertz CT molecular complexity index is 834. The summed E-state index contributed by atoms with van der Waals surface area (Å²) in [5.41, 5.74) is -2.56. The van der Waals surface area contributed by atoms with Gasteiger partial charge in [0, 0.05) is 6.07 Å². The number of hydrogen-bond acceptors (Lipinski definition) is 0. The number of unbranched alkanes of at least 4 members (excludes halogenated alkanes) is 14. The molecule has 1 aromatic carbocycles. The van der Waals surface area contributed by atoms with Crippen molar-refractivity contribution in [2.75, 3.05) is 13.1 Å². The third-order valence-electron chi connectivity index (χ3n) is 10.2. The standard InChI is InChI=1S/C19H27F6N.4C5H11.Al/c1-3-5-7-9-11-26(12-10-8-6-4-2)15-13-14(20)17(21)16(18(15)22)19(23,24)25;4*1-3-5-4-2;/h13H,3-12H2,1-2H3;4*1,3-5H2,2H3;/q;;;;;-1/p+1. The molecule has 0 heterocycles. The van der Waals surface area contributed by atoms with E-state index in [0.717, 1.165) is 38.5 Å². The first kappa shape index (κ1) is 46.3. The van der Waals surface area contributed by atoms with E-state index in [1.165, 1.54) is 51.4 Å². The van der Waals surface area contributed by atoms with Crippen molar-refractivity contribution >= 4 is 18.8 Å². The number of hydrogen-bond donors (Lipinski definition) is 1. The predicted molar refractivity (Wildman–Crippen MR) is 193 cm³/mol. The van der Waals surface area contributed by atoms with Crippen LogP contribution in [0.25, 0.3) is 0 Å². The van der Waals surface area contributed by atoms with E-state index in [-0.39, 0.29) is 0 Å². The molecule has 1 nitrogen and oxygen atoms in total. The van der Waals surface area contributed by atoms with Crippen molar-refractivity contribution in [2.45, 2.75) is 197 Å². The van der Waals surface area contributed by atoms with Gasteiger partial charge in [-0.2, -0.15) is 38.7 Å². The second-order valence-corrected chi connectivity index (χ2v) is 20.1. The van der Waals surface area contributed by atoms with Crippen LogP contribution < -0.4 is 4.90 Å². The fourth-order valence-electron chi connectivity index (χ4n) is 7.21.